The number of rotatable bonds is 15. The lowest BCUT2D eigenvalue weighted by atomic mass is 10.1. The van der Waals surface area contributed by atoms with E-state index in [9.17, 15) is 0 Å². The average molecular weight is 287 g/mol. The third-order valence-corrected chi connectivity index (χ3v) is 5.19. The minimum absolute atomic E-state index is 0.890. The summed E-state index contributed by atoms with van der Waals surface area (Å²) in [6.45, 7) is 7.00. The Labute approximate surface area is 127 Å². The van der Waals surface area contributed by atoms with Crippen LogP contribution in [0, 0.1) is 0 Å². The maximum Gasteiger partial charge on any atom is 0.00187 e. The Balaban J connectivity index is 3.07. The second-order valence-electron chi connectivity index (χ2n) is 6.01. The summed E-state index contributed by atoms with van der Waals surface area (Å²) in [5.74, 6) is 1.39. The van der Waals surface area contributed by atoms with Crippen molar-refractivity contribution in [2.24, 2.45) is 0 Å². The molecule has 0 amide bonds. The van der Waals surface area contributed by atoms with Crippen molar-refractivity contribution in [3.8, 4) is 0 Å². The first-order valence-electron chi connectivity index (χ1n) is 8.92. The third-order valence-electron chi connectivity index (χ3n) is 3.86. The van der Waals surface area contributed by atoms with Gasteiger partial charge < -0.3 is 0 Å². The van der Waals surface area contributed by atoms with Gasteiger partial charge in [0.1, 0.15) is 0 Å². The van der Waals surface area contributed by atoms with Crippen molar-refractivity contribution in [3.63, 3.8) is 0 Å². The molecule has 0 aromatic rings. The summed E-state index contributed by atoms with van der Waals surface area (Å²) in [6.07, 6.45) is 18.7. The Bertz CT molecular complexity index is 156. The van der Waals surface area contributed by atoms with Gasteiger partial charge in [-0.1, -0.05) is 91.4 Å². The molecular weight excluding hydrogens is 248 g/mol. The maximum absolute atomic E-state index is 2.42. The van der Waals surface area contributed by atoms with E-state index in [4.69, 9.17) is 0 Å². The predicted molar refractivity (Wildman–Crippen MR) is 93.3 cm³/mol. The van der Waals surface area contributed by atoms with Gasteiger partial charge in [0.2, 0.25) is 0 Å². The number of hydrogen-bond acceptors (Lipinski definition) is 1. The van der Waals surface area contributed by atoms with Crippen molar-refractivity contribution < 1.29 is 0 Å². The van der Waals surface area contributed by atoms with E-state index in [1.807, 2.05) is 0 Å². The minimum Gasteiger partial charge on any atom is -0.159 e. The zero-order valence-electron chi connectivity index (χ0n) is 13.9. The van der Waals surface area contributed by atoms with Gasteiger partial charge in [0.15, 0.2) is 0 Å². The van der Waals surface area contributed by atoms with E-state index >= 15 is 0 Å². The van der Waals surface area contributed by atoms with Crippen LogP contribution in [-0.2, 0) is 0 Å². The molecule has 0 aromatic heterocycles. The SMILES string of the molecule is CCCCCCCCCCSC(C)CCCCCC. The van der Waals surface area contributed by atoms with Crippen molar-refractivity contribution in [3.05, 3.63) is 0 Å². The Morgan fingerprint density at radius 1 is 0.632 bits per heavy atom. The normalized spacial score (nSPS) is 12.8. The highest BCUT2D eigenvalue weighted by Crippen LogP contribution is 2.19. The molecule has 0 aliphatic heterocycles. The van der Waals surface area contributed by atoms with Gasteiger partial charge >= 0.3 is 0 Å². The van der Waals surface area contributed by atoms with Crippen molar-refractivity contribution in [2.45, 2.75) is 109 Å². The second-order valence-corrected chi connectivity index (χ2v) is 7.55. The Morgan fingerprint density at radius 3 is 1.68 bits per heavy atom. The molecule has 1 unspecified atom stereocenters. The molecule has 1 atom stereocenters. The summed E-state index contributed by atoms with van der Waals surface area (Å²) in [4.78, 5) is 0. The van der Waals surface area contributed by atoms with Crippen LogP contribution in [0.4, 0.5) is 0 Å². The molecule has 0 radical (unpaired) electrons. The first-order chi connectivity index (χ1) is 9.31. The quantitative estimate of drug-likeness (QED) is 0.286. The molecular formula is C18H38S. The van der Waals surface area contributed by atoms with Crippen LogP contribution in [0.15, 0.2) is 0 Å². The summed E-state index contributed by atoms with van der Waals surface area (Å²) in [5.41, 5.74) is 0. The fourth-order valence-electron chi connectivity index (χ4n) is 2.46. The van der Waals surface area contributed by atoms with Crippen LogP contribution in [0.1, 0.15) is 104 Å². The van der Waals surface area contributed by atoms with E-state index in [0.717, 1.165) is 5.25 Å². The van der Waals surface area contributed by atoms with E-state index in [2.05, 4.69) is 32.5 Å². The molecule has 116 valence electrons. The van der Waals surface area contributed by atoms with Crippen molar-refractivity contribution in [1.82, 2.24) is 0 Å². The highest BCUT2D eigenvalue weighted by Gasteiger charge is 2.02. The van der Waals surface area contributed by atoms with Crippen molar-refractivity contribution in [2.75, 3.05) is 5.75 Å². The van der Waals surface area contributed by atoms with Crippen LogP contribution in [0.2, 0.25) is 0 Å². The standard InChI is InChI=1S/C18H38S/c1-4-6-8-10-11-12-13-15-17-19-18(3)16-14-9-7-5-2/h18H,4-17H2,1-3H3. The predicted octanol–water partition coefficient (Wildman–Crippen LogP) is 7.22. The summed E-state index contributed by atoms with van der Waals surface area (Å²) in [6, 6.07) is 0. The fourth-order valence-corrected chi connectivity index (χ4v) is 3.57. The molecule has 0 N–H and O–H groups in total. The molecule has 0 aromatic carbocycles. The lowest BCUT2D eigenvalue weighted by molar-refractivity contribution is 0.586. The molecule has 0 nitrogen and oxygen atoms in total. The highest BCUT2D eigenvalue weighted by atomic mass is 32.2. The van der Waals surface area contributed by atoms with Gasteiger partial charge in [0, 0.05) is 5.25 Å². The van der Waals surface area contributed by atoms with Crippen LogP contribution in [0.3, 0.4) is 0 Å². The maximum atomic E-state index is 2.42. The van der Waals surface area contributed by atoms with Gasteiger partial charge in [-0.25, -0.2) is 0 Å². The molecule has 0 aliphatic rings. The summed E-state index contributed by atoms with van der Waals surface area (Å²) in [7, 11) is 0. The monoisotopic (exact) mass is 286 g/mol. The molecule has 0 rings (SSSR count). The first-order valence-corrected chi connectivity index (χ1v) is 9.97. The molecule has 0 bridgehead atoms. The Morgan fingerprint density at radius 2 is 1.11 bits per heavy atom. The van der Waals surface area contributed by atoms with Crippen molar-refractivity contribution in [1.29, 1.82) is 0 Å². The number of thioether (sulfide) groups is 1. The lowest BCUT2D eigenvalue weighted by Crippen LogP contribution is -1.97. The summed E-state index contributed by atoms with van der Waals surface area (Å²) < 4.78 is 0. The second kappa shape index (κ2) is 16.4. The Hall–Kier alpha value is 0.350. The van der Waals surface area contributed by atoms with Crippen molar-refractivity contribution >= 4 is 11.8 Å². The summed E-state index contributed by atoms with van der Waals surface area (Å²) in [5, 5.41) is 0.890. The largest absolute Gasteiger partial charge is 0.159 e. The van der Waals surface area contributed by atoms with Gasteiger partial charge in [0.05, 0.1) is 0 Å². The number of hydrogen-bond donors (Lipinski definition) is 0. The fraction of sp³-hybridized carbons (Fsp3) is 1.00. The minimum atomic E-state index is 0.890. The van der Waals surface area contributed by atoms with Gasteiger partial charge in [-0.05, 0) is 18.6 Å². The molecule has 1 heteroatoms. The van der Waals surface area contributed by atoms with Gasteiger partial charge in [-0.3, -0.25) is 0 Å². The molecule has 0 saturated heterocycles. The van der Waals surface area contributed by atoms with Crippen LogP contribution in [0.25, 0.3) is 0 Å². The molecule has 0 spiro atoms. The van der Waals surface area contributed by atoms with E-state index < -0.39 is 0 Å². The topological polar surface area (TPSA) is 0 Å². The van der Waals surface area contributed by atoms with Gasteiger partial charge in [-0.2, -0.15) is 11.8 Å². The van der Waals surface area contributed by atoms with Gasteiger partial charge in [0.25, 0.3) is 0 Å². The zero-order valence-corrected chi connectivity index (χ0v) is 14.7. The smallest absolute Gasteiger partial charge is 0.00187 e. The Kier molecular flexibility index (Phi) is 16.7. The third kappa shape index (κ3) is 16.3. The van der Waals surface area contributed by atoms with Crippen LogP contribution in [0.5, 0.6) is 0 Å². The molecule has 0 heterocycles. The van der Waals surface area contributed by atoms with E-state index in [1.54, 1.807) is 0 Å². The summed E-state index contributed by atoms with van der Waals surface area (Å²) >= 11 is 2.21. The van der Waals surface area contributed by atoms with Crippen LogP contribution in [-0.4, -0.2) is 11.0 Å². The van der Waals surface area contributed by atoms with Crippen LogP contribution >= 0.6 is 11.8 Å². The van der Waals surface area contributed by atoms with Gasteiger partial charge in [-0.15, -0.1) is 0 Å². The van der Waals surface area contributed by atoms with E-state index in [1.165, 1.54) is 89.2 Å². The average Bonchev–Trinajstić information content (AvgIpc) is 2.42. The zero-order chi connectivity index (χ0) is 14.2. The van der Waals surface area contributed by atoms with E-state index in [-0.39, 0.29) is 0 Å². The van der Waals surface area contributed by atoms with E-state index in [0.29, 0.717) is 0 Å². The molecule has 19 heavy (non-hydrogen) atoms. The van der Waals surface area contributed by atoms with Crippen LogP contribution < -0.4 is 0 Å². The lowest BCUT2D eigenvalue weighted by Gasteiger charge is -2.10. The molecule has 0 aliphatic carbocycles. The molecule has 0 fully saturated rings. The first kappa shape index (κ1) is 19.4. The number of unbranched alkanes of at least 4 members (excludes halogenated alkanes) is 10. The highest BCUT2D eigenvalue weighted by molar-refractivity contribution is 7.99. The molecule has 0 saturated carbocycles.